The first-order chi connectivity index (χ1) is 12.4. The predicted molar refractivity (Wildman–Crippen MR) is 97.4 cm³/mol. The molecule has 6 heteroatoms. The van der Waals surface area contributed by atoms with Gasteiger partial charge in [0.15, 0.2) is 0 Å². The van der Waals surface area contributed by atoms with Crippen LogP contribution in [0.4, 0.5) is 5.69 Å². The Balaban J connectivity index is 1.70. The molecule has 0 aromatic heterocycles. The molecule has 0 fully saturated rings. The zero-order chi connectivity index (χ0) is 18.8. The standard InChI is InChI=1S/C20H20N2O4/c1-12-7-8-14(9-13(12)2)19(24)21-10-18(23)22-11-16(20(25)26)15-5-3-4-6-17(15)22/h3-9,16H,10-11H2,1-2H3,(H,21,24)(H,25,26). The van der Waals surface area contributed by atoms with Crippen LogP contribution in [-0.2, 0) is 9.59 Å². The first-order valence-electron chi connectivity index (χ1n) is 8.36. The summed E-state index contributed by atoms with van der Waals surface area (Å²) in [4.78, 5) is 37.7. The molecule has 0 saturated carbocycles. The van der Waals surface area contributed by atoms with Gasteiger partial charge in [-0.2, -0.15) is 0 Å². The lowest BCUT2D eigenvalue weighted by molar-refractivity contribution is -0.138. The van der Waals surface area contributed by atoms with Crippen molar-refractivity contribution in [3.63, 3.8) is 0 Å². The number of carboxylic acids is 1. The zero-order valence-electron chi connectivity index (χ0n) is 14.7. The van der Waals surface area contributed by atoms with E-state index in [-0.39, 0.29) is 24.9 Å². The lowest BCUT2D eigenvalue weighted by atomic mass is 10.0. The predicted octanol–water partition coefficient (Wildman–Crippen LogP) is 2.25. The molecule has 0 spiro atoms. The highest BCUT2D eigenvalue weighted by molar-refractivity contribution is 6.03. The number of carbonyl (C=O) groups excluding carboxylic acids is 2. The van der Waals surface area contributed by atoms with Gasteiger partial charge in [-0.1, -0.05) is 24.3 Å². The second-order valence-electron chi connectivity index (χ2n) is 6.44. The molecule has 0 aliphatic carbocycles. The van der Waals surface area contributed by atoms with Crippen LogP contribution in [0.1, 0.15) is 33.0 Å². The number of benzene rings is 2. The van der Waals surface area contributed by atoms with E-state index >= 15 is 0 Å². The summed E-state index contributed by atoms with van der Waals surface area (Å²) in [5, 5.41) is 12.0. The molecule has 1 aliphatic rings. The van der Waals surface area contributed by atoms with Crippen LogP contribution in [-0.4, -0.2) is 36.0 Å². The van der Waals surface area contributed by atoms with E-state index in [9.17, 15) is 19.5 Å². The van der Waals surface area contributed by atoms with E-state index in [1.165, 1.54) is 4.90 Å². The fraction of sp³-hybridized carbons (Fsp3) is 0.250. The number of para-hydroxylation sites is 1. The molecule has 1 unspecified atom stereocenters. The second-order valence-corrected chi connectivity index (χ2v) is 6.44. The molecule has 1 atom stereocenters. The van der Waals surface area contributed by atoms with Crippen LogP contribution in [0.15, 0.2) is 42.5 Å². The summed E-state index contributed by atoms with van der Waals surface area (Å²) in [6.07, 6.45) is 0. The van der Waals surface area contributed by atoms with Crippen molar-refractivity contribution in [2.45, 2.75) is 19.8 Å². The van der Waals surface area contributed by atoms with Gasteiger partial charge >= 0.3 is 5.97 Å². The Morgan fingerprint density at radius 2 is 1.85 bits per heavy atom. The maximum absolute atomic E-state index is 12.6. The summed E-state index contributed by atoms with van der Waals surface area (Å²) in [6.45, 7) is 3.77. The van der Waals surface area contributed by atoms with Gasteiger partial charge in [-0.3, -0.25) is 14.4 Å². The molecule has 0 radical (unpaired) electrons. The highest BCUT2D eigenvalue weighted by Crippen LogP contribution is 2.36. The van der Waals surface area contributed by atoms with Crippen molar-refractivity contribution in [1.29, 1.82) is 0 Å². The molecular weight excluding hydrogens is 332 g/mol. The van der Waals surface area contributed by atoms with Gasteiger partial charge in [0.1, 0.15) is 5.92 Å². The van der Waals surface area contributed by atoms with Gasteiger partial charge in [0.25, 0.3) is 5.91 Å². The van der Waals surface area contributed by atoms with Crippen LogP contribution in [0, 0.1) is 13.8 Å². The summed E-state index contributed by atoms with van der Waals surface area (Å²) >= 11 is 0. The SMILES string of the molecule is Cc1ccc(C(=O)NCC(=O)N2CC(C(=O)O)c3ccccc32)cc1C. The Morgan fingerprint density at radius 3 is 2.54 bits per heavy atom. The van der Waals surface area contributed by atoms with Crippen molar-refractivity contribution in [3.8, 4) is 0 Å². The number of rotatable bonds is 4. The molecule has 2 aromatic rings. The summed E-state index contributed by atoms with van der Waals surface area (Å²) < 4.78 is 0. The third kappa shape index (κ3) is 3.31. The van der Waals surface area contributed by atoms with Gasteiger partial charge in [0, 0.05) is 17.8 Å². The molecule has 2 aromatic carbocycles. The van der Waals surface area contributed by atoms with Crippen molar-refractivity contribution in [1.82, 2.24) is 5.32 Å². The fourth-order valence-corrected chi connectivity index (χ4v) is 3.09. The number of nitrogens with zero attached hydrogens (tertiary/aromatic N) is 1. The number of carbonyl (C=O) groups is 3. The minimum Gasteiger partial charge on any atom is -0.481 e. The molecular formula is C20H20N2O4. The normalized spacial score (nSPS) is 15.5. The second kappa shape index (κ2) is 7.00. The number of carboxylic acid groups (broad SMARTS) is 1. The van der Waals surface area contributed by atoms with Crippen LogP contribution in [0.2, 0.25) is 0 Å². The lowest BCUT2D eigenvalue weighted by Crippen LogP contribution is -2.40. The molecule has 1 heterocycles. The maximum Gasteiger partial charge on any atom is 0.312 e. The van der Waals surface area contributed by atoms with Crippen LogP contribution >= 0.6 is 0 Å². The highest BCUT2D eigenvalue weighted by Gasteiger charge is 2.36. The van der Waals surface area contributed by atoms with Gasteiger partial charge < -0.3 is 15.3 Å². The summed E-state index contributed by atoms with van der Waals surface area (Å²) in [5.41, 5.74) is 3.79. The third-order valence-electron chi connectivity index (χ3n) is 4.74. The van der Waals surface area contributed by atoms with E-state index in [2.05, 4.69) is 5.32 Å². The van der Waals surface area contributed by atoms with Crippen molar-refractivity contribution in [3.05, 3.63) is 64.7 Å². The number of aliphatic carboxylic acids is 1. The molecule has 0 bridgehead atoms. The van der Waals surface area contributed by atoms with E-state index in [1.54, 1.807) is 36.4 Å². The third-order valence-corrected chi connectivity index (χ3v) is 4.74. The topological polar surface area (TPSA) is 86.7 Å². The maximum atomic E-state index is 12.6. The lowest BCUT2D eigenvalue weighted by Gasteiger charge is -2.18. The number of fused-ring (bicyclic) bond motifs is 1. The molecule has 26 heavy (non-hydrogen) atoms. The average Bonchev–Trinajstić information content (AvgIpc) is 3.02. The molecule has 2 N–H and O–H groups in total. The van der Waals surface area contributed by atoms with Crippen LogP contribution in [0.5, 0.6) is 0 Å². The Bertz CT molecular complexity index is 891. The average molecular weight is 352 g/mol. The van der Waals surface area contributed by atoms with Crippen molar-refractivity contribution in [2.24, 2.45) is 0 Å². The van der Waals surface area contributed by atoms with Crippen molar-refractivity contribution >= 4 is 23.5 Å². The summed E-state index contributed by atoms with van der Waals surface area (Å²) in [6, 6.07) is 12.3. The van der Waals surface area contributed by atoms with Gasteiger partial charge in [-0.15, -0.1) is 0 Å². The van der Waals surface area contributed by atoms with E-state index < -0.39 is 11.9 Å². The van der Waals surface area contributed by atoms with Gasteiger partial charge in [-0.05, 0) is 48.7 Å². The Hall–Kier alpha value is -3.15. The Morgan fingerprint density at radius 1 is 1.12 bits per heavy atom. The Labute approximate surface area is 151 Å². The van der Waals surface area contributed by atoms with E-state index in [0.29, 0.717) is 16.8 Å². The van der Waals surface area contributed by atoms with E-state index in [4.69, 9.17) is 0 Å². The Kier molecular flexibility index (Phi) is 4.75. The number of hydrogen-bond acceptors (Lipinski definition) is 3. The molecule has 1 aliphatic heterocycles. The minimum atomic E-state index is -0.966. The van der Waals surface area contributed by atoms with Crippen LogP contribution < -0.4 is 10.2 Å². The number of amides is 2. The quantitative estimate of drug-likeness (QED) is 0.884. The van der Waals surface area contributed by atoms with Gasteiger partial charge in [0.05, 0.1) is 6.54 Å². The smallest absolute Gasteiger partial charge is 0.312 e. The van der Waals surface area contributed by atoms with Crippen molar-refractivity contribution < 1.29 is 19.5 Å². The summed E-state index contributed by atoms with van der Waals surface area (Å²) in [7, 11) is 0. The largest absolute Gasteiger partial charge is 0.481 e. The molecule has 134 valence electrons. The van der Waals surface area contributed by atoms with Gasteiger partial charge in [-0.25, -0.2) is 0 Å². The molecule has 3 rings (SSSR count). The minimum absolute atomic E-state index is 0.0764. The number of aryl methyl sites for hydroxylation is 2. The first-order valence-corrected chi connectivity index (χ1v) is 8.36. The number of nitrogens with one attached hydrogen (secondary N) is 1. The van der Waals surface area contributed by atoms with Crippen molar-refractivity contribution in [2.75, 3.05) is 18.0 Å². The number of hydrogen-bond donors (Lipinski definition) is 2. The van der Waals surface area contributed by atoms with Crippen LogP contribution in [0.25, 0.3) is 0 Å². The van der Waals surface area contributed by atoms with Gasteiger partial charge in [0.2, 0.25) is 5.91 Å². The molecule has 2 amide bonds. The van der Waals surface area contributed by atoms with Crippen LogP contribution in [0.3, 0.4) is 0 Å². The first kappa shape index (κ1) is 17.7. The monoisotopic (exact) mass is 352 g/mol. The molecule has 6 nitrogen and oxygen atoms in total. The highest BCUT2D eigenvalue weighted by atomic mass is 16.4. The summed E-state index contributed by atoms with van der Waals surface area (Å²) in [5.74, 6) is -2.38. The zero-order valence-corrected chi connectivity index (χ0v) is 14.7. The molecule has 0 saturated heterocycles. The van der Waals surface area contributed by atoms with E-state index in [0.717, 1.165) is 11.1 Å². The van der Waals surface area contributed by atoms with E-state index in [1.807, 2.05) is 19.9 Å². The number of anilines is 1. The fourth-order valence-electron chi connectivity index (χ4n) is 3.09.